The fourth-order valence-electron chi connectivity index (χ4n) is 2.26. The lowest BCUT2D eigenvalue weighted by molar-refractivity contribution is 0.0921. The van der Waals surface area contributed by atoms with Crippen molar-refractivity contribution in [3.05, 3.63) is 59.2 Å². The van der Waals surface area contributed by atoms with E-state index in [0.29, 0.717) is 18.1 Å². The predicted octanol–water partition coefficient (Wildman–Crippen LogP) is 3.57. The number of hydrogen-bond acceptors (Lipinski definition) is 3. The van der Waals surface area contributed by atoms with Crippen LogP contribution in [0.5, 0.6) is 0 Å². The average Bonchev–Trinajstić information content (AvgIpc) is 3.06. The zero-order valence-corrected chi connectivity index (χ0v) is 11.4. The van der Waals surface area contributed by atoms with E-state index in [4.69, 9.17) is 8.83 Å². The van der Waals surface area contributed by atoms with Crippen LogP contribution in [0, 0.1) is 13.8 Å². The highest BCUT2D eigenvalue weighted by Crippen LogP contribution is 2.27. The Hall–Kier alpha value is -2.49. The number of carbonyl (C=O) groups is 1. The van der Waals surface area contributed by atoms with Crippen LogP contribution in [0.4, 0.5) is 0 Å². The zero-order chi connectivity index (χ0) is 14.1. The number of para-hydroxylation sites is 1. The summed E-state index contributed by atoms with van der Waals surface area (Å²) in [5.41, 5.74) is 2.66. The standard InChI is InChI=1S/C16H15NO3/c1-10-5-3-7-13-11(2)15(20-14(10)13)16(18)17-9-12-6-4-8-19-12/h3-8H,9H2,1-2H3,(H,17,18). The normalized spacial score (nSPS) is 10.9. The molecule has 1 aromatic carbocycles. The molecule has 0 spiro atoms. The van der Waals surface area contributed by atoms with Crippen LogP contribution in [-0.4, -0.2) is 5.91 Å². The van der Waals surface area contributed by atoms with E-state index < -0.39 is 0 Å². The Morgan fingerprint density at radius 2 is 2.05 bits per heavy atom. The fraction of sp³-hybridized carbons (Fsp3) is 0.188. The van der Waals surface area contributed by atoms with Gasteiger partial charge in [0, 0.05) is 10.9 Å². The fourth-order valence-corrected chi connectivity index (χ4v) is 2.26. The lowest BCUT2D eigenvalue weighted by Crippen LogP contribution is -2.22. The maximum Gasteiger partial charge on any atom is 0.287 e. The molecule has 3 aromatic rings. The second kappa shape index (κ2) is 4.89. The Balaban J connectivity index is 1.88. The minimum Gasteiger partial charge on any atom is -0.467 e. The SMILES string of the molecule is Cc1c(C(=O)NCc2ccco2)oc2c(C)cccc12. The lowest BCUT2D eigenvalue weighted by Gasteiger charge is -2.01. The molecule has 0 saturated heterocycles. The van der Waals surface area contributed by atoms with Crippen LogP contribution in [0.1, 0.15) is 27.4 Å². The smallest absolute Gasteiger partial charge is 0.287 e. The van der Waals surface area contributed by atoms with E-state index in [1.165, 1.54) is 0 Å². The molecule has 4 heteroatoms. The number of nitrogens with one attached hydrogen (secondary N) is 1. The number of rotatable bonds is 3. The molecule has 20 heavy (non-hydrogen) atoms. The van der Waals surface area contributed by atoms with Crippen molar-refractivity contribution in [2.45, 2.75) is 20.4 Å². The van der Waals surface area contributed by atoms with Gasteiger partial charge < -0.3 is 14.2 Å². The molecular weight excluding hydrogens is 254 g/mol. The summed E-state index contributed by atoms with van der Waals surface area (Å²) >= 11 is 0. The third-order valence-corrected chi connectivity index (χ3v) is 3.37. The molecule has 2 aromatic heterocycles. The second-order valence-corrected chi connectivity index (χ2v) is 4.77. The van der Waals surface area contributed by atoms with E-state index in [-0.39, 0.29) is 5.91 Å². The van der Waals surface area contributed by atoms with Crippen LogP contribution in [0.25, 0.3) is 11.0 Å². The number of furan rings is 2. The van der Waals surface area contributed by atoms with Gasteiger partial charge in [-0.05, 0) is 31.5 Å². The first-order chi connectivity index (χ1) is 9.66. The molecule has 0 unspecified atom stereocenters. The van der Waals surface area contributed by atoms with Crippen LogP contribution >= 0.6 is 0 Å². The molecule has 4 nitrogen and oxygen atoms in total. The summed E-state index contributed by atoms with van der Waals surface area (Å²) in [5, 5.41) is 3.78. The number of amides is 1. The van der Waals surface area contributed by atoms with Gasteiger partial charge in [-0.2, -0.15) is 0 Å². The van der Waals surface area contributed by atoms with Gasteiger partial charge in [0.2, 0.25) is 0 Å². The monoisotopic (exact) mass is 269 g/mol. The highest BCUT2D eigenvalue weighted by atomic mass is 16.3. The summed E-state index contributed by atoms with van der Waals surface area (Å²) in [6.45, 7) is 4.21. The molecule has 3 rings (SSSR count). The number of hydrogen-bond donors (Lipinski definition) is 1. The molecule has 0 radical (unpaired) electrons. The van der Waals surface area contributed by atoms with E-state index >= 15 is 0 Å². The highest BCUT2D eigenvalue weighted by Gasteiger charge is 2.18. The Morgan fingerprint density at radius 1 is 1.20 bits per heavy atom. The molecule has 0 aliphatic carbocycles. The molecule has 1 amide bonds. The molecule has 0 fully saturated rings. The summed E-state index contributed by atoms with van der Waals surface area (Å²) < 4.78 is 10.9. The third kappa shape index (κ3) is 2.09. The minimum atomic E-state index is -0.227. The summed E-state index contributed by atoms with van der Waals surface area (Å²) in [6, 6.07) is 9.50. The molecule has 102 valence electrons. The van der Waals surface area contributed by atoms with Gasteiger partial charge in [0.25, 0.3) is 5.91 Å². The number of fused-ring (bicyclic) bond motifs is 1. The first-order valence-electron chi connectivity index (χ1n) is 6.46. The average molecular weight is 269 g/mol. The van der Waals surface area contributed by atoms with Crippen LogP contribution in [0.3, 0.4) is 0 Å². The van der Waals surface area contributed by atoms with Gasteiger partial charge in [-0.1, -0.05) is 18.2 Å². The Morgan fingerprint density at radius 3 is 2.75 bits per heavy atom. The van der Waals surface area contributed by atoms with Crippen molar-refractivity contribution in [1.82, 2.24) is 5.32 Å². The van der Waals surface area contributed by atoms with Gasteiger partial charge in [-0.3, -0.25) is 4.79 Å². The van der Waals surface area contributed by atoms with Crippen molar-refractivity contribution in [2.24, 2.45) is 0 Å². The molecule has 0 saturated carbocycles. The van der Waals surface area contributed by atoms with Gasteiger partial charge in [0.05, 0.1) is 12.8 Å². The molecule has 0 bridgehead atoms. The maximum absolute atomic E-state index is 12.2. The molecule has 2 heterocycles. The zero-order valence-electron chi connectivity index (χ0n) is 11.4. The van der Waals surface area contributed by atoms with Crippen LogP contribution < -0.4 is 5.32 Å². The molecule has 0 aliphatic heterocycles. The van der Waals surface area contributed by atoms with Gasteiger partial charge in [-0.25, -0.2) is 0 Å². The lowest BCUT2D eigenvalue weighted by atomic mass is 10.1. The van der Waals surface area contributed by atoms with Gasteiger partial charge in [0.1, 0.15) is 11.3 Å². The van der Waals surface area contributed by atoms with E-state index in [9.17, 15) is 4.79 Å². The molecule has 0 atom stereocenters. The Labute approximate surface area is 116 Å². The van der Waals surface area contributed by atoms with E-state index in [2.05, 4.69) is 5.32 Å². The first-order valence-corrected chi connectivity index (χ1v) is 6.46. The Bertz CT molecular complexity index is 753. The number of aryl methyl sites for hydroxylation is 2. The largest absolute Gasteiger partial charge is 0.467 e. The van der Waals surface area contributed by atoms with Gasteiger partial charge >= 0.3 is 0 Å². The Kier molecular flexibility index (Phi) is 3.06. The third-order valence-electron chi connectivity index (χ3n) is 3.37. The summed E-state index contributed by atoms with van der Waals surface area (Å²) in [5.74, 6) is 0.846. The predicted molar refractivity (Wildman–Crippen MR) is 75.6 cm³/mol. The highest BCUT2D eigenvalue weighted by molar-refractivity contribution is 5.99. The van der Waals surface area contributed by atoms with E-state index in [0.717, 1.165) is 22.1 Å². The molecule has 1 N–H and O–H groups in total. The molecule has 0 aliphatic rings. The van der Waals surface area contributed by atoms with Crippen LogP contribution in [-0.2, 0) is 6.54 Å². The van der Waals surface area contributed by atoms with Crippen molar-refractivity contribution in [1.29, 1.82) is 0 Å². The molecular formula is C16H15NO3. The van der Waals surface area contributed by atoms with Gasteiger partial charge in [-0.15, -0.1) is 0 Å². The van der Waals surface area contributed by atoms with Gasteiger partial charge in [0.15, 0.2) is 5.76 Å². The van der Waals surface area contributed by atoms with E-state index in [1.54, 1.807) is 12.3 Å². The van der Waals surface area contributed by atoms with E-state index in [1.807, 2.05) is 38.1 Å². The topological polar surface area (TPSA) is 55.4 Å². The summed E-state index contributed by atoms with van der Waals surface area (Å²) in [7, 11) is 0. The summed E-state index contributed by atoms with van der Waals surface area (Å²) in [4.78, 5) is 12.2. The van der Waals surface area contributed by atoms with Crippen LogP contribution in [0.15, 0.2) is 45.4 Å². The quantitative estimate of drug-likeness (QED) is 0.790. The van der Waals surface area contributed by atoms with Crippen molar-refractivity contribution in [3.63, 3.8) is 0 Å². The van der Waals surface area contributed by atoms with Crippen molar-refractivity contribution in [3.8, 4) is 0 Å². The second-order valence-electron chi connectivity index (χ2n) is 4.77. The first kappa shape index (κ1) is 12.5. The van der Waals surface area contributed by atoms with Crippen LogP contribution in [0.2, 0.25) is 0 Å². The number of carbonyl (C=O) groups excluding carboxylic acids is 1. The number of benzene rings is 1. The van der Waals surface area contributed by atoms with Crippen molar-refractivity contribution >= 4 is 16.9 Å². The maximum atomic E-state index is 12.2. The van der Waals surface area contributed by atoms with Crippen molar-refractivity contribution in [2.75, 3.05) is 0 Å². The minimum absolute atomic E-state index is 0.227. The summed E-state index contributed by atoms with van der Waals surface area (Å²) in [6.07, 6.45) is 1.58. The van der Waals surface area contributed by atoms with Crippen molar-refractivity contribution < 1.29 is 13.6 Å².